The summed E-state index contributed by atoms with van der Waals surface area (Å²) in [6, 6.07) is 10.0. The number of terminal acetylenes is 1. The Kier molecular flexibility index (Phi) is 8.59. The van der Waals surface area contributed by atoms with Crippen molar-refractivity contribution in [3.63, 3.8) is 0 Å². The molecule has 1 aromatic carbocycles. The Bertz CT molecular complexity index is 264. The van der Waals surface area contributed by atoms with Gasteiger partial charge >= 0.3 is 0 Å². The topological polar surface area (TPSA) is 0 Å². The zero-order chi connectivity index (χ0) is 10.6. The van der Waals surface area contributed by atoms with Gasteiger partial charge in [0.1, 0.15) is 0 Å². The lowest BCUT2D eigenvalue weighted by Crippen LogP contribution is -1.63. The fourth-order valence-electron chi connectivity index (χ4n) is 0.868. The summed E-state index contributed by atoms with van der Waals surface area (Å²) < 4.78 is 0. The van der Waals surface area contributed by atoms with Gasteiger partial charge in [0.15, 0.2) is 0 Å². The van der Waals surface area contributed by atoms with Gasteiger partial charge in [-0.25, -0.2) is 0 Å². The van der Waals surface area contributed by atoms with Crippen molar-refractivity contribution in [2.24, 2.45) is 0 Å². The van der Waals surface area contributed by atoms with Gasteiger partial charge in [0.2, 0.25) is 0 Å². The van der Waals surface area contributed by atoms with Gasteiger partial charge < -0.3 is 0 Å². The molecule has 0 atom stereocenters. The van der Waals surface area contributed by atoms with Gasteiger partial charge in [-0.05, 0) is 12.0 Å². The molecular weight excluding hydrogens is 168 g/mol. The number of benzene rings is 1. The lowest BCUT2D eigenvalue weighted by atomic mass is 10.2. The third-order valence-corrected chi connectivity index (χ3v) is 1.71. The lowest BCUT2D eigenvalue weighted by Gasteiger charge is -1.85. The van der Waals surface area contributed by atoms with Crippen molar-refractivity contribution in [2.75, 3.05) is 0 Å². The first kappa shape index (κ1) is 12.5. The third kappa shape index (κ3) is 7.18. The number of rotatable bonds is 3. The summed E-state index contributed by atoms with van der Waals surface area (Å²) in [6.07, 6.45) is 10.1. The molecule has 0 bridgehead atoms. The highest BCUT2D eigenvalue weighted by atomic mass is 13.8. The second-order valence-corrected chi connectivity index (χ2v) is 2.92. The predicted octanol–water partition coefficient (Wildman–Crippen LogP) is 4.14. The van der Waals surface area contributed by atoms with E-state index in [0.717, 1.165) is 6.42 Å². The van der Waals surface area contributed by atoms with E-state index >= 15 is 0 Å². The van der Waals surface area contributed by atoms with Crippen LogP contribution in [0.1, 0.15) is 31.7 Å². The van der Waals surface area contributed by atoms with Gasteiger partial charge in [-0.1, -0.05) is 56.3 Å². The number of unbranched alkanes of at least 4 members (excludes halogenated alkanes) is 2. The van der Waals surface area contributed by atoms with Crippen LogP contribution in [0, 0.1) is 12.3 Å². The molecule has 0 nitrogen and oxygen atoms in total. The summed E-state index contributed by atoms with van der Waals surface area (Å²) in [5.41, 5.74) is 1.17. The molecule has 0 unspecified atom stereocenters. The van der Waals surface area contributed by atoms with Crippen molar-refractivity contribution in [1.82, 2.24) is 0 Å². The first-order valence-electron chi connectivity index (χ1n) is 4.96. The van der Waals surface area contributed by atoms with E-state index in [2.05, 4.69) is 19.4 Å². The van der Waals surface area contributed by atoms with E-state index in [4.69, 9.17) is 6.42 Å². The summed E-state index contributed by atoms with van der Waals surface area (Å²) >= 11 is 0. The summed E-state index contributed by atoms with van der Waals surface area (Å²) in [6.45, 7) is 5.77. The minimum atomic E-state index is 0.941. The molecule has 0 saturated carbocycles. The second kappa shape index (κ2) is 9.61. The molecule has 0 spiro atoms. The van der Waals surface area contributed by atoms with Crippen LogP contribution >= 0.6 is 0 Å². The highest BCUT2D eigenvalue weighted by molar-refractivity contribution is 5.45. The van der Waals surface area contributed by atoms with Crippen molar-refractivity contribution < 1.29 is 0 Å². The van der Waals surface area contributed by atoms with Crippen LogP contribution < -0.4 is 0 Å². The molecule has 0 N–H and O–H groups in total. The van der Waals surface area contributed by atoms with E-state index < -0.39 is 0 Å². The van der Waals surface area contributed by atoms with E-state index in [1.54, 1.807) is 0 Å². The molecule has 0 heteroatoms. The first-order valence-corrected chi connectivity index (χ1v) is 4.96. The molecule has 0 amide bonds. The Labute approximate surface area is 87.7 Å². The predicted molar refractivity (Wildman–Crippen MR) is 64.9 cm³/mol. The summed E-state index contributed by atoms with van der Waals surface area (Å²) in [4.78, 5) is 0. The van der Waals surface area contributed by atoms with Crippen molar-refractivity contribution >= 4 is 6.08 Å². The maximum Gasteiger partial charge on any atom is 0.00859 e. The molecule has 74 valence electrons. The quantitative estimate of drug-likeness (QED) is 0.491. The molecule has 0 fully saturated rings. The highest BCUT2D eigenvalue weighted by Crippen LogP contribution is 1.97. The van der Waals surface area contributed by atoms with E-state index in [1.807, 2.05) is 36.4 Å². The van der Waals surface area contributed by atoms with Gasteiger partial charge in [-0.15, -0.1) is 12.3 Å². The normalized spacial score (nSPS) is 8.00. The van der Waals surface area contributed by atoms with Crippen LogP contribution in [-0.4, -0.2) is 0 Å². The molecule has 0 aliphatic carbocycles. The van der Waals surface area contributed by atoms with Crippen molar-refractivity contribution in [2.45, 2.75) is 26.2 Å². The molecule has 0 heterocycles. The van der Waals surface area contributed by atoms with Crippen molar-refractivity contribution in [3.05, 3.63) is 42.5 Å². The van der Waals surface area contributed by atoms with Crippen LogP contribution in [0.15, 0.2) is 36.9 Å². The Balaban J connectivity index is 0.000000255. The molecule has 0 aliphatic rings. The average molecular weight is 186 g/mol. The van der Waals surface area contributed by atoms with Crippen LogP contribution in [0.4, 0.5) is 0 Å². The van der Waals surface area contributed by atoms with E-state index in [-0.39, 0.29) is 0 Å². The summed E-state index contributed by atoms with van der Waals surface area (Å²) in [7, 11) is 0. The van der Waals surface area contributed by atoms with Gasteiger partial charge in [0.05, 0.1) is 0 Å². The maximum absolute atomic E-state index is 4.96. The Hall–Kier alpha value is -1.48. The van der Waals surface area contributed by atoms with Gasteiger partial charge in [-0.3, -0.25) is 0 Å². The molecule has 1 aromatic rings. The Morgan fingerprint density at radius 2 is 2.00 bits per heavy atom. The largest absolute Gasteiger partial charge is 0.120 e. The minimum Gasteiger partial charge on any atom is -0.120 e. The van der Waals surface area contributed by atoms with E-state index in [0.29, 0.717) is 0 Å². The smallest absolute Gasteiger partial charge is 0.00859 e. The zero-order valence-corrected chi connectivity index (χ0v) is 8.87. The van der Waals surface area contributed by atoms with E-state index in [9.17, 15) is 0 Å². The average Bonchev–Trinajstić information content (AvgIpc) is 2.28. The summed E-state index contributed by atoms with van der Waals surface area (Å²) in [5.74, 6) is 2.57. The van der Waals surface area contributed by atoms with Crippen molar-refractivity contribution in [3.8, 4) is 12.3 Å². The van der Waals surface area contributed by atoms with Crippen LogP contribution in [-0.2, 0) is 0 Å². The third-order valence-electron chi connectivity index (χ3n) is 1.71. The van der Waals surface area contributed by atoms with Crippen LogP contribution in [0.25, 0.3) is 6.08 Å². The molecule has 14 heavy (non-hydrogen) atoms. The minimum absolute atomic E-state index is 0.941. The highest BCUT2D eigenvalue weighted by Gasteiger charge is 1.75. The zero-order valence-electron chi connectivity index (χ0n) is 8.87. The SMILES string of the molecule is C#CCCCC.C=Cc1ccccc1. The van der Waals surface area contributed by atoms with Crippen LogP contribution in [0.5, 0.6) is 0 Å². The Morgan fingerprint density at radius 1 is 1.36 bits per heavy atom. The Morgan fingerprint density at radius 3 is 2.29 bits per heavy atom. The molecule has 0 radical (unpaired) electrons. The fourth-order valence-corrected chi connectivity index (χ4v) is 0.868. The first-order chi connectivity index (χ1) is 6.85. The van der Waals surface area contributed by atoms with Gasteiger partial charge in [-0.2, -0.15) is 0 Å². The van der Waals surface area contributed by atoms with Crippen molar-refractivity contribution in [1.29, 1.82) is 0 Å². The molecule has 0 aromatic heterocycles. The standard InChI is InChI=1S/C8H8.C6H10/c1-2-8-6-4-3-5-7-8;1-3-5-6-4-2/h2-7H,1H2;1H,4-6H2,2H3. The number of hydrogen-bond acceptors (Lipinski definition) is 0. The second-order valence-electron chi connectivity index (χ2n) is 2.92. The lowest BCUT2D eigenvalue weighted by molar-refractivity contribution is 0.828. The van der Waals surface area contributed by atoms with E-state index in [1.165, 1.54) is 18.4 Å². The van der Waals surface area contributed by atoms with Crippen LogP contribution in [0.2, 0.25) is 0 Å². The molecule has 1 rings (SSSR count). The fraction of sp³-hybridized carbons (Fsp3) is 0.286. The maximum atomic E-state index is 4.96. The van der Waals surface area contributed by atoms with Gasteiger partial charge in [0.25, 0.3) is 0 Å². The molecule has 0 saturated heterocycles. The van der Waals surface area contributed by atoms with Gasteiger partial charge in [0, 0.05) is 6.42 Å². The van der Waals surface area contributed by atoms with Crippen LogP contribution in [0.3, 0.4) is 0 Å². The monoisotopic (exact) mass is 186 g/mol. The molecular formula is C14H18. The number of hydrogen-bond donors (Lipinski definition) is 0. The molecule has 0 aliphatic heterocycles. The summed E-state index contributed by atoms with van der Waals surface area (Å²) in [5, 5.41) is 0.